The summed E-state index contributed by atoms with van der Waals surface area (Å²) in [4.78, 5) is 0. The summed E-state index contributed by atoms with van der Waals surface area (Å²) in [5.41, 5.74) is 0.547. The van der Waals surface area contributed by atoms with Crippen molar-refractivity contribution in [1.29, 1.82) is 0 Å². The monoisotopic (exact) mass is 200 g/mol. The SMILES string of the molecule is O=S(=O)(O)CN=Nc1ccccc1. The van der Waals surface area contributed by atoms with Crippen molar-refractivity contribution in [3.63, 3.8) is 0 Å². The second kappa shape index (κ2) is 4.11. The van der Waals surface area contributed by atoms with Gasteiger partial charge in [-0.2, -0.15) is 18.6 Å². The van der Waals surface area contributed by atoms with Gasteiger partial charge >= 0.3 is 0 Å². The van der Waals surface area contributed by atoms with E-state index in [1.807, 2.05) is 6.07 Å². The van der Waals surface area contributed by atoms with Crippen LogP contribution in [0.25, 0.3) is 0 Å². The van der Waals surface area contributed by atoms with E-state index in [9.17, 15) is 8.42 Å². The van der Waals surface area contributed by atoms with Gasteiger partial charge in [0, 0.05) is 0 Å². The second-order valence-electron chi connectivity index (χ2n) is 2.29. The molecule has 0 aliphatic rings. The molecule has 0 heterocycles. The summed E-state index contributed by atoms with van der Waals surface area (Å²) in [7, 11) is -4.05. The summed E-state index contributed by atoms with van der Waals surface area (Å²) >= 11 is 0. The predicted molar refractivity (Wildman–Crippen MR) is 47.4 cm³/mol. The van der Waals surface area contributed by atoms with E-state index >= 15 is 0 Å². The molecule has 0 spiro atoms. The minimum atomic E-state index is -4.05. The summed E-state index contributed by atoms with van der Waals surface area (Å²) in [6, 6.07) is 8.66. The molecular weight excluding hydrogens is 192 g/mol. The normalized spacial score (nSPS) is 12.1. The van der Waals surface area contributed by atoms with E-state index < -0.39 is 16.0 Å². The molecule has 13 heavy (non-hydrogen) atoms. The lowest BCUT2D eigenvalue weighted by Gasteiger charge is -1.89. The summed E-state index contributed by atoms with van der Waals surface area (Å²) in [6.45, 7) is 0. The second-order valence-corrected chi connectivity index (χ2v) is 3.71. The predicted octanol–water partition coefficient (Wildman–Crippen LogP) is 1.62. The lowest BCUT2D eigenvalue weighted by atomic mass is 10.3. The van der Waals surface area contributed by atoms with E-state index in [-0.39, 0.29) is 0 Å². The van der Waals surface area contributed by atoms with Gasteiger partial charge in [-0.25, -0.2) is 0 Å². The topological polar surface area (TPSA) is 79.1 Å². The van der Waals surface area contributed by atoms with Crippen LogP contribution in [0.1, 0.15) is 0 Å². The van der Waals surface area contributed by atoms with Gasteiger partial charge in [0.15, 0.2) is 5.88 Å². The van der Waals surface area contributed by atoms with E-state index in [4.69, 9.17) is 4.55 Å². The molecule has 0 aliphatic carbocycles. The zero-order valence-electron chi connectivity index (χ0n) is 6.66. The van der Waals surface area contributed by atoms with E-state index in [2.05, 4.69) is 10.2 Å². The molecule has 1 N–H and O–H groups in total. The Morgan fingerprint density at radius 3 is 2.38 bits per heavy atom. The Morgan fingerprint density at radius 2 is 1.85 bits per heavy atom. The highest BCUT2D eigenvalue weighted by Crippen LogP contribution is 2.09. The molecule has 1 rings (SSSR count). The molecule has 0 saturated carbocycles. The van der Waals surface area contributed by atoms with Gasteiger partial charge < -0.3 is 0 Å². The van der Waals surface area contributed by atoms with E-state index in [1.165, 1.54) is 0 Å². The maximum atomic E-state index is 10.2. The highest BCUT2D eigenvalue weighted by atomic mass is 32.2. The van der Waals surface area contributed by atoms with Crippen molar-refractivity contribution in [3.05, 3.63) is 30.3 Å². The first-order valence-electron chi connectivity index (χ1n) is 3.46. The van der Waals surface area contributed by atoms with Crippen LogP contribution < -0.4 is 0 Å². The molecule has 70 valence electrons. The first-order chi connectivity index (χ1) is 6.08. The fourth-order valence-corrected chi connectivity index (χ4v) is 0.882. The third-order valence-electron chi connectivity index (χ3n) is 1.16. The first-order valence-corrected chi connectivity index (χ1v) is 5.06. The largest absolute Gasteiger partial charge is 0.287 e. The van der Waals surface area contributed by atoms with Crippen LogP contribution in [0.2, 0.25) is 0 Å². The van der Waals surface area contributed by atoms with Crippen LogP contribution in [-0.4, -0.2) is 18.8 Å². The lowest BCUT2D eigenvalue weighted by Crippen LogP contribution is -1.99. The van der Waals surface area contributed by atoms with E-state index in [0.717, 1.165) is 0 Å². The highest BCUT2D eigenvalue weighted by Gasteiger charge is 2.00. The maximum absolute atomic E-state index is 10.2. The van der Waals surface area contributed by atoms with Crippen molar-refractivity contribution in [2.45, 2.75) is 0 Å². The molecule has 0 amide bonds. The molecule has 0 saturated heterocycles. The molecule has 0 aliphatic heterocycles. The number of benzene rings is 1. The molecule has 0 bridgehead atoms. The van der Waals surface area contributed by atoms with Crippen LogP contribution in [0, 0.1) is 0 Å². The van der Waals surface area contributed by atoms with Crippen molar-refractivity contribution in [2.75, 3.05) is 5.88 Å². The van der Waals surface area contributed by atoms with E-state index in [0.29, 0.717) is 5.69 Å². The Labute approximate surface area is 75.9 Å². The summed E-state index contributed by atoms with van der Waals surface area (Å²) < 4.78 is 28.8. The number of hydrogen-bond donors (Lipinski definition) is 1. The lowest BCUT2D eigenvalue weighted by molar-refractivity contribution is 0.483. The molecule has 0 radical (unpaired) electrons. The van der Waals surface area contributed by atoms with Crippen LogP contribution in [0.4, 0.5) is 5.69 Å². The molecule has 1 aromatic carbocycles. The fourth-order valence-electron chi connectivity index (χ4n) is 0.678. The Morgan fingerprint density at radius 1 is 1.23 bits per heavy atom. The molecule has 1 aromatic rings. The average Bonchev–Trinajstić information content (AvgIpc) is 2.04. The average molecular weight is 200 g/mol. The van der Waals surface area contributed by atoms with Gasteiger partial charge in [-0.05, 0) is 12.1 Å². The molecule has 5 nitrogen and oxygen atoms in total. The van der Waals surface area contributed by atoms with Crippen molar-refractivity contribution in [2.24, 2.45) is 10.2 Å². The number of rotatable bonds is 3. The van der Waals surface area contributed by atoms with Crippen LogP contribution in [0.3, 0.4) is 0 Å². The molecule has 0 aromatic heterocycles. The Balaban J connectivity index is 2.61. The molecule has 6 heteroatoms. The van der Waals surface area contributed by atoms with Crippen molar-refractivity contribution in [1.82, 2.24) is 0 Å². The van der Waals surface area contributed by atoms with Crippen LogP contribution in [-0.2, 0) is 10.1 Å². The molecule has 0 fully saturated rings. The third kappa shape index (κ3) is 4.34. The van der Waals surface area contributed by atoms with Gasteiger partial charge in [-0.1, -0.05) is 18.2 Å². The van der Waals surface area contributed by atoms with Gasteiger partial charge in [-0.15, -0.1) is 0 Å². The van der Waals surface area contributed by atoms with Gasteiger partial charge in [0.05, 0.1) is 5.69 Å². The van der Waals surface area contributed by atoms with E-state index in [1.54, 1.807) is 24.3 Å². The summed E-state index contributed by atoms with van der Waals surface area (Å²) in [5.74, 6) is -0.706. The van der Waals surface area contributed by atoms with Gasteiger partial charge in [0.2, 0.25) is 0 Å². The van der Waals surface area contributed by atoms with Gasteiger partial charge in [-0.3, -0.25) is 4.55 Å². The van der Waals surface area contributed by atoms with Crippen molar-refractivity contribution in [3.8, 4) is 0 Å². The fraction of sp³-hybridized carbons (Fsp3) is 0.143. The minimum Gasteiger partial charge on any atom is -0.284 e. The summed E-state index contributed by atoms with van der Waals surface area (Å²) in [5, 5.41) is 6.88. The van der Waals surface area contributed by atoms with Crippen molar-refractivity contribution < 1.29 is 13.0 Å². The number of nitrogens with zero attached hydrogens (tertiary/aromatic N) is 2. The zero-order valence-corrected chi connectivity index (χ0v) is 7.48. The first kappa shape index (κ1) is 9.82. The van der Waals surface area contributed by atoms with Crippen LogP contribution >= 0.6 is 0 Å². The number of hydrogen-bond acceptors (Lipinski definition) is 4. The Hall–Kier alpha value is -1.27. The standard InChI is InChI=1S/C7H8N2O3S/c10-13(11,12)6-8-9-7-4-2-1-3-5-7/h1-5H,6H2,(H,10,11,12). The minimum absolute atomic E-state index is 0.547. The Kier molecular flexibility index (Phi) is 3.10. The third-order valence-corrected chi connectivity index (χ3v) is 1.61. The number of azo groups is 1. The highest BCUT2D eigenvalue weighted by molar-refractivity contribution is 7.85. The van der Waals surface area contributed by atoms with Gasteiger partial charge in [0.1, 0.15) is 0 Å². The quantitative estimate of drug-likeness (QED) is 0.594. The van der Waals surface area contributed by atoms with Gasteiger partial charge in [0.25, 0.3) is 10.1 Å². The molecular formula is C7H8N2O3S. The summed E-state index contributed by atoms with van der Waals surface area (Å²) in [6.07, 6.45) is 0. The molecule has 0 atom stereocenters. The zero-order chi connectivity index (χ0) is 9.73. The Bertz CT molecular complexity index is 385. The molecule has 0 unspecified atom stereocenters. The van der Waals surface area contributed by atoms with Crippen LogP contribution in [0.15, 0.2) is 40.6 Å². The smallest absolute Gasteiger partial charge is 0.284 e. The van der Waals surface area contributed by atoms with Crippen LogP contribution in [0.5, 0.6) is 0 Å². The van der Waals surface area contributed by atoms with Crippen molar-refractivity contribution >= 4 is 15.8 Å². The maximum Gasteiger partial charge on any atom is 0.287 e.